The van der Waals surface area contributed by atoms with Gasteiger partial charge in [0.15, 0.2) is 6.10 Å². The molecule has 0 heterocycles. The molecule has 0 bridgehead atoms. The Balaban J connectivity index is 4.29. The van der Waals surface area contributed by atoms with Crippen molar-refractivity contribution >= 4 is 17.9 Å². The van der Waals surface area contributed by atoms with Crippen LogP contribution in [0.4, 0.5) is 0 Å². The summed E-state index contributed by atoms with van der Waals surface area (Å²) in [5, 5.41) is 0. The zero-order chi connectivity index (χ0) is 42.7. The molecule has 58 heavy (non-hydrogen) atoms. The Hall–Kier alpha value is -1.59. The molecule has 344 valence electrons. The molecule has 0 amide bonds. The van der Waals surface area contributed by atoms with Crippen molar-refractivity contribution in [1.82, 2.24) is 0 Å². The third-order valence-corrected chi connectivity index (χ3v) is 12.0. The van der Waals surface area contributed by atoms with E-state index < -0.39 is 6.10 Å². The summed E-state index contributed by atoms with van der Waals surface area (Å²) in [5.41, 5.74) is 0. The van der Waals surface area contributed by atoms with Crippen LogP contribution in [0.15, 0.2) is 0 Å². The lowest BCUT2D eigenvalue weighted by molar-refractivity contribution is -0.167. The molecule has 0 rings (SSSR count). The highest BCUT2D eigenvalue weighted by Gasteiger charge is 2.19. The van der Waals surface area contributed by atoms with Gasteiger partial charge in [0, 0.05) is 19.3 Å². The van der Waals surface area contributed by atoms with Gasteiger partial charge in [-0.3, -0.25) is 14.4 Å². The summed E-state index contributed by atoms with van der Waals surface area (Å²) in [4.78, 5) is 37.9. The first-order chi connectivity index (χ1) is 28.1. The lowest BCUT2D eigenvalue weighted by Gasteiger charge is -2.18. The van der Waals surface area contributed by atoms with Gasteiger partial charge in [-0.1, -0.05) is 241 Å². The molecule has 6 heteroatoms. The van der Waals surface area contributed by atoms with Gasteiger partial charge in [0.2, 0.25) is 0 Å². The number of carbonyl (C=O) groups is 3. The maximum absolute atomic E-state index is 12.8. The fourth-order valence-corrected chi connectivity index (χ4v) is 7.73. The monoisotopic (exact) mass is 821 g/mol. The number of esters is 3. The van der Waals surface area contributed by atoms with Crippen LogP contribution in [0.5, 0.6) is 0 Å². The van der Waals surface area contributed by atoms with Gasteiger partial charge in [0.1, 0.15) is 13.2 Å². The predicted octanol–water partition coefficient (Wildman–Crippen LogP) is 16.4. The van der Waals surface area contributed by atoms with E-state index >= 15 is 0 Å². The molecule has 0 aromatic rings. The first-order valence-corrected chi connectivity index (χ1v) is 25.6. The molecule has 6 nitrogen and oxygen atoms in total. The Morgan fingerprint density at radius 1 is 0.345 bits per heavy atom. The van der Waals surface area contributed by atoms with Crippen molar-refractivity contribution in [3.8, 4) is 0 Å². The molecule has 0 fully saturated rings. The highest BCUT2D eigenvalue weighted by atomic mass is 16.6. The fourth-order valence-electron chi connectivity index (χ4n) is 7.73. The molecule has 0 aromatic carbocycles. The molecule has 1 unspecified atom stereocenters. The number of hydrogen-bond donors (Lipinski definition) is 0. The highest BCUT2D eigenvalue weighted by Crippen LogP contribution is 2.18. The van der Waals surface area contributed by atoms with Gasteiger partial charge < -0.3 is 14.2 Å². The van der Waals surface area contributed by atoms with E-state index in [1.54, 1.807) is 0 Å². The van der Waals surface area contributed by atoms with Crippen LogP contribution in [0.1, 0.15) is 279 Å². The predicted molar refractivity (Wildman–Crippen MR) is 247 cm³/mol. The Morgan fingerprint density at radius 2 is 0.603 bits per heavy atom. The summed E-state index contributed by atoms with van der Waals surface area (Å²) in [6.07, 6.45) is 42.4. The highest BCUT2D eigenvalue weighted by molar-refractivity contribution is 5.71. The quantitative estimate of drug-likeness (QED) is 0.0346. The summed E-state index contributed by atoms with van der Waals surface area (Å²) in [5.74, 6) is 1.62. The molecule has 0 spiro atoms. The van der Waals surface area contributed by atoms with Crippen molar-refractivity contribution < 1.29 is 28.6 Å². The van der Waals surface area contributed by atoms with Crippen molar-refractivity contribution in [2.24, 2.45) is 17.8 Å². The van der Waals surface area contributed by atoms with E-state index in [9.17, 15) is 14.4 Å². The summed E-state index contributed by atoms with van der Waals surface area (Å²) in [6, 6.07) is 0. The lowest BCUT2D eigenvalue weighted by Crippen LogP contribution is -2.30. The van der Waals surface area contributed by atoms with Gasteiger partial charge in [0.25, 0.3) is 0 Å². The average molecular weight is 821 g/mol. The third-order valence-electron chi connectivity index (χ3n) is 12.0. The number of hydrogen-bond acceptors (Lipinski definition) is 6. The maximum Gasteiger partial charge on any atom is 0.306 e. The minimum absolute atomic E-state index is 0.0654. The largest absolute Gasteiger partial charge is 0.462 e. The second-order valence-electron chi connectivity index (χ2n) is 19.0. The van der Waals surface area contributed by atoms with Crippen LogP contribution in [-0.2, 0) is 28.6 Å². The first kappa shape index (κ1) is 56.4. The maximum atomic E-state index is 12.8. The molecule has 0 saturated carbocycles. The molecule has 0 aliphatic heterocycles. The van der Waals surface area contributed by atoms with E-state index in [1.807, 2.05) is 0 Å². The van der Waals surface area contributed by atoms with Gasteiger partial charge in [0.05, 0.1) is 0 Å². The van der Waals surface area contributed by atoms with E-state index in [4.69, 9.17) is 14.2 Å². The molecular formula is C52H100O6. The smallest absolute Gasteiger partial charge is 0.306 e. The van der Waals surface area contributed by atoms with Crippen molar-refractivity contribution in [1.29, 1.82) is 0 Å². The number of unbranched alkanes of at least 4 members (excludes halogenated alkanes) is 27. The zero-order valence-electron chi connectivity index (χ0n) is 39.8. The molecule has 0 radical (unpaired) electrons. The lowest BCUT2D eigenvalue weighted by atomic mass is 10.00. The van der Waals surface area contributed by atoms with Crippen molar-refractivity contribution in [2.45, 2.75) is 285 Å². The third kappa shape index (κ3) is 44.0. The molecule has 0 aliphatic carbocycles. The molecule has 2 atom stereocenters. The standard InChI is InChI=1S/C52H100O6/c1-7-48(6)40-34-28-24-25-30-36-42-51(54)57-45-49(58-52(55)43-37-31-23-19-15-14-17-21-27-33-39-47(4)5)44-56-50(53)41-35-29-22-18-13-11-9-8-10-12-16-20-26-32-38-46(2)3/h46-49H,7-45H2,1-6H3/t48?,49-/m1/s1. The Morgan fingerprint density at radius 3 is 0.897 bits per heavy atom. The zero-order valence-corrected chi connectivity index (χ0v) is 39.8. The number of ether oxygens (including phenoxy) is 3. The molecule has 0 aromatic heterocycles. The van der Waals surface area contributed by atoms with Gasteiger partial charge in [-0.15, -0.1) is 0 Å². The van der Waals surface area contributed by atoms with E-state index in [-0.39, 0.29) is 31.1 Å². The summed E-state index contributed by atoms with van der Waals surface area (Å²) >= 11 is 0. The summed E-state index contributed by atoms with van der Waals surface area (Å²) < 4.78 is 16.8. The van der Waals surface area contributed by atoms with Gasteiger partial charge >= 0.3 is 17.9 Å². The number of rotatable bonds is 45. The Bertz CT molecular complexity index is 900. The van der Waals surface area contributed by atoms with Crippen LogP contribution in [0, 0.1) is 17.8 Å². The van der Waals surface area contributed by atoms with Crippen LogP contribution in [0.25, 0.3) is 0 Å². The van der Waals surface area contributed by atoms with E-state index in [2.05, 4.69) is 41.5 Å². The minimum Gasteiger partial charge on any atom is -0.462 e. The Kier molecular flexibility index (Phi) is 42.3. The second-order valence-corrected chi connectivity index (χ2v) is 19.0. The van der Waals surface area contributed by atoms with Crippen molar-refractivity contribution in [3.05, 3.63) is 0 Å². The van der Waals surface area contributed by atoms with Crippen LogP contribution in [-0.4, -0.2) is 37.2 Å². The first-order valence-electron chi connectivity index (χ1n) is 25.6. The van der Waals surface area contributed by atoms with E-state index in [0.29, 0.717) is 19.3 Å². The molecule has 0 N–H and O–H groups in total. The van der Waals surface area contributed by atoms with Gasteiger partial charge in [-0.2, -0.15) is 0 Å². The van der Waals surface area contributed by atoms with Gasteiger partial charge in [-0.05, 0) is 37.0 Å². The SMILES string of the molecule is CCC(C)CCCCCCCCC(=O)OC[C@@H](COC(=O)CCCCCCCCCCCCCCCCC(C)C)OC(=O)CCCCCCCCCCCCC(C)C. The van der Waals surface area contributed by atoms with Crippen LogP contribution in [0.3, 0.4) is 0 Å². The summed E-state index contributed by atoms with van der Waals surface area (Å²) in [6.45, 7) is 13.7. The molecule has 0 aliphatic rings. The summed E-state index contributed by atoms with van der Waals surface area (Å²) in [7, 11) is 0. The van der Waals surface area contributed by atoms with Gasteiger partial charge in [-0.25, -0.2) is 0 Å². The van der Waals surface area contributed by atoms with Crippen LogP contribution < -0.4 is 0 Å². The molecular weight excluding hydrogens is 721 g/mol. The van der Waals surface area contributed by atoms with Crippen molar-refractivity contribution in [3.63, 3.8) is 0 Å². The second kappa shape index (κ2) is 43.5. The topological polar surface area (TPSA) is 78.9 Å². The van der Waals surface area contributed by atoms with E-state index in [0.717, 1.165) is 75.5 Å². The van der Waals surface area contributed by atoms with Crippen molar-refractivity contribution in [2.75, 3.05) is 13.2 Å². The minimum atomic E-state index is -0.763. The average Bonchev–Trinajstić information content (AvgIpc) is 3.19. The normalized spacial score (nSPS) is 12.6. The van der Waals surface area contributed by atoms with E-state index in [1.165, 1.54) is 161 Å². The van der Waals surface area contributed by atoms with Crippen LogP contribution >= 0.6 is 0 Å². The Labute approximate surface area is 361 Å². The number of carbonyl (C=O) groups excluding carboxylic acids is 3. The molecule has 0 saturated heterocycles. The van der Waals surface area contributed by atoms with Crippen LogP contribution in [0.2, 0.25) is 0 Å². The fraction of sp³-hybridized carbons (Fsp3) is 0.942.